The first-order valence-corrected chi connectivity index (χ1v) is 27.2. The van der Waals surface area contributed by atoms with E-state index in [1.165, 1.54) is 19.9 Å². The van der Waals surface area contributed by atoms with Crippen LogP contribution in [0.5, 0.6) is 5.75 Å². The minimum absolute atomic E-state index is 0.0894. The zero-order chi connectivity index (χ0) is 49.1. The van der Waals surface area contributed by atoms with Gasteiger partial charge in [-0.15, -0.1) is 22.7 Å². The number of ether oxygens (including phenoxy) is 1. The second-order valence-corrected chi connectivity index (χ2v) is 23.7. The third kappa shape index (κ3) is 13.6. The van der Waals surface area contributed by atoms with Gasteiger partial charge in [-0.3, -0.25) is 14.4 Å². The number of thiophene rings is 2. The Bertz CT molecular complexity index is 2950. The molecule has 0 bridgehead atoms. The molecule has 0 saturated carbocycles. The number of carbonyl (C=O) groups excluding carboxylic acids is 3. The summed E-state index contributed by atoms with van der Waals surface area (Å²) >= 11 is 14.0. The van der Waals surface area contributed by atoms with Crippen molar-refractivity contribution >= 4 is 95.0 Å². The molecule has 8 rings (SSSR count). The topological polar surface area (TPSA) is 209 Å². The van der Waals surface area contributed by atoms with Crippen LogP contribution in [0, 0.1) is 0 Å². The number of halogens is 2. The summed E-state index contributed by atoms with van der Waals surface area (Å²) in [5, 5.41) is 13.6. The van der Waals surface area contributed by atoms with Gasteiger partial charge in [0.15, 0.2) is 0 Å². The molecule has 69 heavy (non-hydrogen) atoms. The number of rotatable bonds is 16. The molecule has 3 amide bonds. The van der Waals surface area contributed by atoms with Crippen molar-refractivity contribution in [2.24, 2.45) is 5.73 Å². The fourth-order valence-electron chi connectivity index (χ4n) is 7.64. The number of piperidine rings is 2. The number of amides is 3. The van der Waals surface area contributed by atoms with Crippen molar-refractivity contribution in [2.45, 2.75) is 59.3 Å². The zero-order valence-electron chi connectivity index (χ0n) is 37.4. The van der Waals surface area contributed by atoms with E-state index in [-0.39, 0.29) is 41.2 Å². The average molecular weight is 1050 g/mol. The number of primary amides is 1. The average Bonchev–Trinajstić information content (AvgIpc) is 4.06. The first-order valence-electron chi connectivity index (χ1n) is 21.9. The quantitative estimate of drug-likeness (QED) is 0.0626. The zero-order valence-corrected chi connectivity index (χ0v) is 42.2. The summed E-state index contributed by atoms with van der Waals surface area (Å²) in [6.45, 7) is 2.14. The standard InChI is InChI=1S/C24H25ClN4O4S2.C24H26ClN3O4S2/c25-18-6-4-16(5-7-18)24(31)27-15-21-8-9-22(34-21)35(32,33)29-12-10-19(11-13-29)28-20-3-1-2-17(14-20)23(26)30;1-32-22-5-3-2-4-21(22)27-19-12-14-28(15-13-19)34(30,31)23-11-10-20(33-23)16-26-24(29)17-6-8-18(25)9-7-17/h1-9,14,19,28H,10-13,15H2,(H2,26,30)(H,27,31);2-11,19,27H,12-16H2,1H3,(H,26,29). The number of hydrogen-bond acceptors (Lipinski definition) is 12. The normalized spacial score (nSPS) is 15.1. The largest absolute Gasteiger partial charge is 0.495 e. The molecule has 0 atom stereocenters. The highest BCUT2D eigenvalue weighted by Gasteiger charge is 2.32. The lowest BCUT2D eigenvalue weighted by Gasteiger charge is -2.32. The van der Waals surface area contributed by atoms with Gasteiger partial charge in [-0.05, 0) is 129 Å². The van der Waals surface area contributed by atoms with E-state index in [1.54, 1.807) is 98.1 Å². The van der Waals surface area contributed by atoms with E-state index in [0.29, 0.717) is 82.8 Å². The second-order valence-electron chi connectivity index (χ2n) is 16.1. The van der Waals surface area contributed by atoms with Gasteiger partial charge >= 0.3 is 0 Å². The van der Waals surface area contributed by atoms with Crippen LogP contribution < -0.4 is 31.7 Å². The summed E-state index contributed by atoms with van der Waals surface area (Å²) in [5.74, 6) is -0.212. The van der Waals surface area contributed by atoms with Crippen molar-refractivity contribution in [1.29, 1.82) is 0 Å². The molecule has 2 aliphatic rings. The number of nitrogens with two attached hydrogens (primary N) is 1. The third-order valence-corrected chi connectivity index (χ3v) is 18.8. The number of nitrogens with zero attached hydrogens (tertiary/aromatic N) is 2. The minimum atomic E-state index is -3.62. The number of para-hydroxylation sites is 2. The molecule has 0 radical (unpaired) electrons. The monoisotopic (exact) mass is 1050 g/mol. The number of hydrogen-bond donors (Lipinski definition) is 5. The Morgan fingerprint density at radius 2 is 1.07 bits per heavy atom. The molecule has 2 aliphatic heterocycles. The highest BCUT2D eigenvalue weighted by molar-refractivity contribution is 7.91. The SMILES string of the molecule is COc1ccccc1NC1CCN(S(=O)(=O)c2ccc(CNC(=O)c3ccc(Cl)cc3)s2)CC1.NC(=O)c1cccc(NC2CCN(S(=O)(=O)c3ccc(CNC(=O)c4ccc(Cl)cc4)s3)CC2)c1. The Hall–Kier alpha value is -5.51. The van der Waals surface area contributed by atoms with Crippen LogP contribution in [0.2, 0.25) is 10.0 Å². The molecule has 0 aliphatic carbocycles. The summed E-state index contributed by atoms with van der Waals surface area (Å²) in [6, 6.07) is 34.8. The van der Waals surface area contributed by atoms with E-state index in [0.717, 1.165) is 38.2 Å². The Balaban J connectivity index is 0.000000204. The Labute approximate surface area is 420 Å². The highest BCUT2D eigenvalue weighted by Crippen LogP contribution is 2.31. The summed E-state index contributed by atoms with van der Waals surface area (Å²) < 4.78 is 61.6. The second kappa shape index (κ2) is 23.4. The molecular formula is C48H51Cl2N7O8S4. The lowest BCUT2D eigenvalue weighted by molar-refractivity contribution is 0.0943. The predicted molar refractivity (Wildman–Crippen MR) is 273 cm³/mol. The summed E-state index contributed by atoms with van der Waals surface area (Å²) in [7, 11) is -5.56. The number of anilines is 2. The maximum Gasteiger partial charge on any atom is 0.252 e. The van der Waals surface area contributed by atoms with Crippen molar-refractivity contribution in [1.82, 2.24) is 19.2 Å². The fourth-order valence-corrected chi connectivity index (χ4v) is 13.7. The first kappa shape index (κ1) is 51.3. The molecule has 364 valence electrons. The van der Waals surface area contributed by atoms with E-state index >= 15 is 0 Å². The Kier molecular flexibility index (Phi) is 17.4. The lowest BCUT2D eigenvalue weighted by atomic mass is 10.1. The van der Waals surface area contributed by atoms with Gasteiger partial charge in [-0.25, -0.2) is 16.8 Å². The van der Waals surface area contributed by atoms with Gasteiger partial charge in [-0.1, -0.05) is 41.4 Å². The van der Waals surface area contributed by atoms with Crippen LogP contribution in [0.4, 0.5) is 11.4 Å². The number of nitrogens with one attached hydrogen (secondary N) is 4. The number of sulfonamides is 2. The van der Waals surface area contributed by atoms with Crippen LogP contribution in [-0.4, -0.2) is 88.5 Å². The maximum absolute atomic E-state index is 13.2. The van der Waals surface area contributed by atoms with Gasteiger partial charge in [0, 0.05) is 80.4 Å². The molecule has 15 nitrogen and oxygen atoms in total. The Morgan fingerprint density at radius 1 is 0.609 bits per heavy atom. The molecular weight excluding hydrogens is 1000 g/mol. The van der Waals surface area contributed by atoms with Gasteiger partial charge in [0.25, 0.3) is 31.9 Å². The molecule has 6 aromatic rings. The van der Waals surface area contributed by atoms with Crippen LogP contribution >= 0.6 is 45.9 Å². The first-order chi connectivity index (χ1) is 33.1. The number of methoxy groups -OCH3 is 1. The molecule has 2 fully saturated rings. The van der Waals surface area contributed by atoms with Crippen molar-refractivity contribution in [3.63, 3.8) is 0 Å². The van der Waals surface area contributed by atoms with Crippen LogP contribution in [0.1, 0.15) is 66.5 Å². The van der Waals surface area contributed by atoms with Crippen LogP contribution in [0.3, 0.4) is 0 Å². The van der Waals surface area contributed by atoms with Crippen molar-refractivity contribution in [2.75, 3.05) is 43.9 Å². The van der Waals surface area contributed by atoms with Crippen molar-refractivity contribution in [3.05, 3.63) is 158 Å². The molecule has 4 heterocycles. The minimum Gasteiger partial charge on any atom is -0.495 e. The van der Waals surface area contributed by atoms with E-state index in [9.17, 15) is 31.2 Å². The van der Waals surface area contributed by atoms with Crippen LogP contribution in [0.15, 0.2) is 130 Å². The van der Waals surface area contributed by atoms with Crippen molar-refractivity contribution < 1.29 is 36.0 Å². The van der Waals surface area contributed by atoms with Gasteiger partial charge in [0.1, 0.15) is 14.2 Å². The van der Waals surface area contributed by atoms with E-state index in [1.807, 2.05) is 30.3 Å². The fraction of sp³-hybridized carbons (Fsp3) is 0.271. The molecule has 21 heteroatoms. The van der Waals surface area contributed by atoms with Crippen molar-refractivity contribution in [3.8, 4) is 5.75 Å². The summed E-state index contributed by atoms with van der Waals surface area (Å²) in [6.07, 6.45) is 2.67. The molecule has 0 unspecified atom stereocenters. The molecule has 6 N–H and O–H groups in total. The maximum atomic E-state index is 13.2. The van der Waals surface area contributed by atoms with Crippen LogP contribution in [-0.2, 0) is 33.1 Å². The van der Waals surface area contributed by atoms with Gasteiger partial charge in [0.05, 0.1) is 25.9 Å². The molecule has 4 aromatic carbocycles. The predicted octanol–water partition coefficient (Wildman–Crippen LogP) is 8.30. The molecule has 0 spiro atoms. The highest BCUT2D eigenvalue weighted by atomic mass is 35.5. The van der Waals surface area contributed by atoms with Gasteiger partial charge in [0.2, 0.25) is 5.91 Å². The lowest BCUT2D eigenvalue weighted by Crippen LogP contribution is -2.42. The Morgan fingerprint density at radius 3 is 1.54 bits per heavy atom. The summed E-state index contributed by atoms with van der Waals surface area (Å²) in [5.41, 5.74) is 8.44. The number of benzene rings is 4. The third-order valence-electron chi connectivity index (χ3n) is 11.4. The van der Waals surface area contributed by atoms with E-state index < -0.39 is 26.0 Å². The van der Waals surface area contributed by atoms with Gasteiger partial charge < -0.3 is 31.7 Å². The molecule has 2 aromatic heterocycles. The van der Waals surface area contributed by atoms with Crippen LogP contribution in [0.25, 0.3) is 0 Å². The number of carbonyl (C=O) groups is 3. The van der Waals surface area contributed by atoms with E-state index in [2.05, 4.69) is 21.3 Å². The molecule has 2 saturated heterocycles. The summed E-state index contributed by atoms with van der Waals surface area (Å²) in [4.78, 5) is 37.5. The van der Waals surface area contributed by atoms with E-state index in [4.69, 9.17) is 33.7 Å². The van der Waals surface area contributed by atoms with Gasteiger partial charge in [-0.2, -0.15) is 8.61 Å². The smallest absolute Gasteiger partial charge is 0.252 e.